The fraction of sp³-hybridized carbons (Fsp3) is 0.180. The number of aryl methyl sites for hydroxylation is 1. The second-order valence-electron chi connectivity index (χ2n) is 14.8. The number of nitrogens with zero attached hydrogens (tertiary/aromatic N) is 7. The second-order valence-corrected chi connectivity index (χ2v) is 14.8. The van der Waals surface area contributed by atoms with Crippen molar-refractivity contribution in [3.05, 3.63) is 209 Å². The van der Waals surface area contributed by atoms with Crippen LogP contribution < -0.4 is 4.90 Å². The molecule has 2 aromatic heterocycles. The van der Waals surface area contributed by atoms with Crippen molar-refractivity contribution in [2.24, 2.45) is 0 Å². The number of aromatic nitrogens is 6. The molecule has 0 saturated heterocycles. The monoisotopic (exact) mass is 777 g/mol. The van der Waals surface area contributed by atoms with Gasteiger partial charge < -0.3 is 14.2 Å². The first-order chi connectivity index (χ1) is 29.0. The Kier molecular flexibility index (Phi) is 11.5. The Morgan fingerprint density at radius 1 is 0.661 bits per heavy atom. The lowest BCUT2D eigenvalue weighted by Crippen LogP contribution is -2.39. The Bertz CT molecular complexity index is 2510. The van der Waals surface area contributed by atoms with Gasteiger partial charge in [-0.1, -0.05) is 183 Å². The highest BCUT2D eigenvalue weighted by atomic mass is 16.5. The van der Waals surface area contributed by atoms with E-state index < -0.39 is 11.5 Å². The van der Waals surface area contributed by atoms with Crippen molar-refractivity contribution in [2.45, 2.75) is 44.9 Å². The van der Waals surface area contributed by atoms with Crippen LogP contribution in [0.1, 0.15) is 63.9 Å². The lowest BCUT2D eigenvalue weighted by molar-refractivity contribution is 0.0461. The Hall–Kier alpha value is -7.13. The molecule has 0 radical (unpaired) electrons. The summed E-state index contributed by atoms with van der Waals surface area (Å²) in [6.45, 7) is 2.81. The van der Waals surface area contributed by atoms with Crippen LogP contribution in [0, 0.1) is 0 Å². The molecule has 6 aromatic carbocycles. The molecule has 0 unspecified atom stereocenters. The molecule has 0 atom stereocenters. The summed E-state index contributed by atoms with van der Waals surface area (Å²) in [6, 6.07) is 57.8. The van der Waals surface area contributed by atoms with Gasteiger partial charge >= 0.3 is 5.97 Å². The van der Waals surface area contributed by atoms with Crippen molar-refractivity contribution in [3.63, 3.8) is 0 Å². The summed E-state index contributed by atoms with van der Waals surface area (Å²) >= 11 is 0. The van der Waals surface area contributed by atoms with E-state index in [0.29, 0.717) is 23.9 Å². The Morgan fingerprint density at radius 2 is 1.20 bits per heavy atom. The van der Waals surface area contributed by atoms with Crippen LogP contribution in [0.3, 0.4) is 0 Å². The van der Waals surface area contributed by atoms with Crippen LogP contribution in [-0.4, -0.2) is 49.8 Å². The van der Waals surface area contributed by atoms with Crippen LogP contribution >= 0.6 is 0 Å². The lowest BCUT2D eigenvalue weighted by atomic mass is 9.77. The molecule has 0 amide bonds. The highest BCUT2D eigenvalue weighted by Gasteiger charge is 2.42. The number of rotatable bonds is 15. The van der Waals surface area contributed by atoms with Crippen LogP contribution in [0.4, 0.5) is 5.82 Å². The number of unbranched alkanes of at least 4 members (excludes halogenated alkanes) is 1. The smallest absolute Gasteiger partial charge is 0.359 e. The Balaban J connectivity index is 1.18. The minimum absolute atomic E-state index is 0.183. The molecule has 0 fully saturated rings. The maximum atomic E-state index is 13.9. The van der Waals surface area contributed by atoms with E-state index >= 15 is 0 Å². The number of tetrazole rings is 1. The van der Waals surface area contributed by atoms with Crippen LogP contribution in [0.15, 0.2) is 170 Å². The van der Waals surface area contributed by atoms with Crippen molar-refractivity contribution in [3.8, 4) is 22.5 Å². The average Bonchev–Trinajstić information content (AvgIpc) is 3.93. The van der Waals surface area contributed by atoms with Crippen LogP contribution in [0.2, 0.25) is 0 Å². The molecule has 0 aliphatic carbocycles. The van der Waals surface area contributed by atoms with Crippen LogP contribution in [-0.2, 0) is 29.8 Å². The summed E-state index contributed by atoms with van der Waals surface area (Å²) in [5, 5.41) is 13.9. The van der Waals surface area contributed by atoms with E-state index in [9.17, 15) is 4.79 Å². The third-order valence-electron chi connectivity index (χ3n) is 10.7. The molecule has 8 rings (SSSR count). The molecular formula is C50H47N7O2. The molecule has 0 aliphatic heterocycles. The minimum Gasteiger partial charge on any atom is -0.456 e. The highest BCUT2D eigenvalue weighted by molar-refractivity contribution is 5.93. The number of imidazole rings is 1. The van der Waals surface area contributed by atoms with Crippen molar-refractivity contribution in [1.82, 2.24) is 29.8 Å². The maximum Gasteiger partial charge on any atom is 0.359 e. The first kappa shape index (κ1) is 38.7. The molecular weight excluding hydrogens is 731 g/mol. The van der Waals surface area contributed by atoms with Gasteiger partial charge in [-0.2, -0.15) is 0 Å². The summed E-state index contributed by atoms with van der Waals surface area (Å²) in [6.07, 6.45) is 2.72. The number of ether oxygens (including phenoxy) is 1. The van der Waals surface area contributed by atoms with Crippen molar-refractivity contribution < 1.29 is 9.53 Å². The first-order valence-corrected chi connectivity index (χ1v) is 20.1. The van der Waals surface area contributed by atoms with Gasteiger partial charge in [-0.3, -0.25) is 0 Å². The fourth-order valence-electron chi connectivity index (χ4n) is 7.87. The van der Waals surface area contributed by atoms with E-state index in [4.69, 9.17) is 20.0 Å². The van der Waals surface area contributed by atoms with Gasteiger partial charge in [-0.15, -0.1) is 5.10 Å². The van der Waals surface area contributed by atoms with Gasteiger partial charge in [0.15, 0.2) is 17.3 Å². The number of carbonyl (C=O) groups excluding carboxylic acids is 1. The maximum absolute atomic E-state index is 13.9. The van der Waals surface area contributed by atoms with E-state index in [0.717, 1.165) is 69.6 Å². The van der Waals surface area contributed by atoms with Gasteiger partial charge in [-0.05, 0) is 55.8 Å². The SMILES string of the molecule is CCCCc1nc(N(C)C)c(C(=O)OCc2ccccc2)n1Cc1ccc(-c2ccccc2-c2nnnn2C(c2ccccc2)(c2ccccc2)c2ccccc2)cc1. The van der Waals surface area contributed by atoms with E-state index in [1.165, 1.54) is 0 Å². The largest absolute Gasteiger partial charge is 0.456 e. The molecule has 0 aliphatic rings. The quantitative estimate of drug-likeness (QED) is 0.0756. The molecule has 2 heterocycles. The number of benzene rings is 6. The number of esters is 1. The third kappa shape index (κ3) is 7.79. The normalized spacial score (nSPS) is 11.4. The number of anilines is 1. The average molecular weight is 778 g/mol. The third-order valence-corrected chi connectivity index (χ3v) is 10.7. The number of hydrogen-bond donors (Lipinski definition) is 0. The molecule has 59 heavy (non-hydrogen) atoms. The summed E-state index contributed by atoms with van der Waals surface area (Å²) < 4.78 is 9.90. The highest BCUT2D eigenvalue weighted by Crippen LogP contribution is 2.43. The molecule has 9 nitrogen and oxygen atoms in total. The molecule has 294 valence electrons. The second kappa shape index (κ2) is 17.6. The van der Waals surface area contributed by atoms with Crippen molar-refractivity contribution in [1.29, 1.82) is 0 Å². The zero-order valence-corrected chi connectivity index (χ0v) is 33.6. The van der Waals surface area contributed by atoms with Gasteiger partial charge in [-0.25, -0.2) is 14.5 Å². The fourth-order valence-corrected chi connectivity index (χ4v) is 7.87. The lowest BCUT2D eigenvalue weighted by Gasteiger charge is -2.36. The Morgan fingerprint density at radius 3 is 1.76 bits per heavy atom. The van der Waals surface area contributed by atoms with Crippen molar-refractivity contribution in [2.75, 3.05) is 19.0 Å². The number of hydrogen-bond acceptors (Lipinski definition) is 7. The van der Waals surface area contributed by atoms with Crippen LogP contribution in [0.5, 0.6) is 0 Å². The van der Waals surface area contributed by atoms with Gasteiger partial charge in [0.1, 0.15) is 18.0 Å². The predicted octanol–water partition coefficient (Wildman–Crippen LogP) is 9.86. The first-order valence-electron chi connectivity index (χ1n) is 20.1. The van der Waals surface area contributed by atoms with Crippen LogP contribution in [0.25, 0.3) is 22.5 Å². The molecule has 0 N–H and O–H groups in total. The van der Waals surface area contributed by atoms with E-state index in [-0.39, 0.29) is 6.61 Å². The number of carbonyl (C=O) groups is 1. The molecule has 0 bridgehead atoms. The van der Waals surface area contributed by atoms with E-state index in [2.05, 4.69) is 121 Å². The van der Waals surface area contributed by atoms with E-state index in [1.54, 1.807) is 0 Å². The Labute approximate surface area is 345 Å². The molecule has 8 aromatic rings. The van der Waals surface area contributed by atoms with Gasteiger partial charge in [0.2, 0.25) is 0 Å². The van der Waals surface area contributed by atoms with Crippen molar-refractivity contribution >= 4 is 11.8 Å². The molecule has 9 heteroatoms. The molecule has 0 spiro atoms. The molecule has 0 saturated carbocycles. The summed E-state index contributed by atoms with van der Waals surface area (Å²) in [7, 11) is 3.83. The predicted molar refractivity (Wildman–Crippen MR) is 233 cm³/mol. The summed E-state index contributed by atoms with van der Waals surface area (Å²) in [5.74, 6) is 1.71. The summed E-state index contributed by atoms with van der Waals surface area (Å²) in [5.41, 5.74) is 7.53. The van der Waals surface area contributed by atoms with Gasteiger partial charge in [0.25, 0.3) is 0 Å². The topological polar surface area (TPSA) is 91.0 Å². The minimum atomic E-state index is -0.884. The summed E-state index contributed by atoms with van der Waals surface area (Å²) in [4.78, 5) is 20.7. The zero-order valence-electron chi connectivity index (χ0n) is 33.6. The van der Waals surface area contributed by atoms with Gasteiger partial charge in [0.05, 0.1) is 0 Å². The zero-order chi connectivity index (χ0) is 40.6. The van der Waals surface area contributed by atoms with Gasteiger partial charge in [0, 0.05) is 32.6 Å². The van der Waals surface area contributed by atoms with E-state index in [1.807, 2.05) is 88.9 Å². The standard InChI is InChI=1S/C50H47N7O2/c1-4-5-30-45-51-48(55(2)3)46(49(58)59-36-38-20-10-6-11-21-38)56(45)35-37-31-33-39(34-32-37)43-28-18-19-29-44(43)47-52-53-54-57(47)50(40-22-12-7-13-23-40,41-24-14-8-15-25-41)42-26-16-9-17-27-42/h6-29,31-34H,4-5,30,35-36H2,1-3H3.